The van der Waals surface area contributed by atoms with Crippen LogP contribution in [0.5, 0.6) is 0 Å². The summed E-state index contributed by atoms with van der Waals surface area (Å²) in [6, 6.07) is 0.228. The van der Waals surface area contributed by atoms with Gasteiger partial charge in [0.15, 0.2) is 0 Å². The van der Waals surface area contributed by atoms with Gasteiger partial charge in [-0.05, 0) is 38.5 Å². The van der Waals surface area contributed by atoms with Gasteiger partial charge in [0.05, 0.1) is 0 Å². The van der Waals surface area contributed by atoms with Gasteiger partial charge < -0.3 is 15.7 Å². The van der Waals surface area contributed by atoms with Crippen molar-refractivity contribution in [1.29, 1.82) is 0 Å². The molecule has 0 aromatic carbocycles. The molecule has 1 rings (SSSR count). The van der Waals surface area contributed by atoms with E-state index >= 15 is 0 Å². The van der Waals surface area contributed by atoms with Crippen molar-refractivity contribution < 1.29 is 9.90 Å². The van der Waals surface area contributed by atoms with Crippen LogP contribution in [0.15, 0.2) is 0 Å². The fourth-order valence-electron chi connectivity index (χ4n) is 2.90. The highest BCUT2D eigenvalue weighted by molar-refractivity contribution is 5.77. The zero-order chi connectivity index (χ0) is 13.2. The maximum atomic E-state index is 11.0. The molecule has 3 N–H and O–H groups in total. The molecule has 0 amide bonds. The molecule has 4 heteroatoms. The zero-order valence-corrected chi connectivity index (χ0v) is 11.4. The van der Waals surface area contributed by atoms with Crippen molar-refractivity contribution in [1.82, 2.24) is 4.90 Å². The summed E-state index contributed by atoms with van der Waals surface area (Å²) in [5.74, 6) is 0.465. The van der Waals surface area contributed by atoms with Crippen molar-refractivity contribution in [2.45, 2.75) is 52.1 Å². The minimum Gasteiger partial charge on any atom is -0.480 e. The minimum absolute atomic E-state index is 0.228. The van der Waals surface area contributed by atoms with Crippen LogP contribution in [0, 0.1) is 11.8 Å². The Labute approximate surface area is 104 Å². The summed E-state index contributed by atoms with van der Waals surface area (Å²) in [4.78, 5) is 13.4. The molecule has 17 heavy (non-hydrogen) atoms. The number of nitrogens with two attached hydrogens (primary N) is 1. The van der Waals surface area contributed by atoms with Crippen molar-refractivity contribution in [3.63, 3.8) is 0 Å². The average Bonchev–Trinajstić information content (AvgIpc) is 2.15. The maximum Gasteiger partial charge on any atom is 0.323 e. The van der Waals surface area contributed by atoms with Crippen LogP contribution in [0.2, 0.25) is 0 Å². The lowest BCUT2D eigenvalue weighted by molar-refractivity contribution is -0.143. The molecule has 1 heterocycles. The third-order valence-electron chi connectivity index (χ3n) is 3.73. The molecule has 1 saturated heterocycles. The van der Waals surface area contributed by atoms with E-state index in [1.807, 2.05) is 0 Å². The van der Waals surface area contributed by atoms with Crippen molar-refractivity contribution in [3.05, 3.63) is 0 Å². The third kappa shape index (κ3) is 3.96. The van der Waals surface area contributed by atoms with Crippen LogP contribution >= 0.6 is 0 Å². The smallest absolute Gasteiger partial charge is 0.323 e. The third-order valence-corrected chi connectivity index (χ3v) is 3.73. The van der Waals surface area contributed by atoms with Crippen LogP contribution in [0.1, 0.15) is 40.5 Å². The molecular formula is C13H26N2O2. The van der Waals surface area contributed by atoms with E-state index in [1.165, 1.54) is 6.42 Å². The largest absolute Gasteiger partial charge is 0.480 e. The Morgan fingerprint density at radius 3 is 2.35 bits per heavy atom. The Kier molecular flexibility index (Phi) is 4.55. The Hall–Kier alpha value is -0.610. The van der Waals surface area contributed by atoms with Gasteiger partial charge in [-0.15, -0.1) is 0 Å². The maximum absolute atomic E-state index is 11.0. The molecule has 4 unspecified atom stereocenters. The molecular weight excluding hydrogens is 216 g/mol. The molecule has 0 aromatic rings. The van der Waals surface area contributed by atoms with Crippen molar-refractivity contribution in [3.8, 4) is 0 Å². The van der Waals surface area contributed by atoms with Gasteiger partial charge >= 0.3 is 5.97 Å². The Bertz CT molecular complexity index is 269. The molecule has 100 valence electrons. The molecule has 4 atom stereocenters. The molecule has 1 fully saturated rings. The summed E-state index contributed by atoms with van der Waals surface area (Å²) in [6.07, 6.45) is 1.77. The second kappa shape index (κ2) is 5.36. The summed E-state index contributed by atoms with van der Waals surface area (Å²) in [6.45, 7) is 10.3. The summed E-state index contributed by atoms with van der Waals surface area (Å²) in [5.41, 5.74) is 4.69. The van der Waals surface area contributed by atoms with Crippen molar-refractivity contribution >= 4 is 5.97 Å². The van der Waals surface area contributed by atoms with Crippen LogP contribution in [-0.4, -0.2) is 40.6 Å². The van der Waals surface area contributed by atoms with Gasteiger partial charge in [-0.25, -0.2) is 0 Å². The molecule has 0 aromatic heterocycles. The normalized spacial score (nSPS) is 31.8. The number of aliphatic carboxylic acids is 1. The predicted molar refractivity (Wildman–Crippen MR) is 68.8 cm³/mol. The van der Waals surface area contributed by atoms with E-state index in [2.05, 4.69) is 25.7 Å². The van der Waals surface area contributed by atoms with Crippen LogP contribution in [0.25, 0.3) is 0 Å². The SMILES string of the molecule is CC1CC(C)CN(C(C)CC(C)(N)C(=O)O)C1. The number of nitrogens with zero attached hydrogens (tertiary/aromatic N) is 1. The van der Waals surface area contributed by atoms with Crippen LogP contribution in [-0.2, 0) is 4.79 Å². The van der Waals surface area contributed by atoms with Crippen LogP contribution in [0.4, 0.5) is 0 Å². The van der Waals surface area contributed by atoms with Crippen LogP contribution < -0.4 is 5.73 Å². The first-order valence-corrected chi connectivity index (χ1v) is 6.48. The van der Waals surface area contributed by atoms with E-state index in [0.717, 1.165) is 13.1 Å². The van der Waals surface area contributed by atoms with E-state index in [-0.39, 0.29) is 6.04 Å². The lowest BCUT2D eigenvalue weighted by Gasteiger charge is -2.40. The Morgan fingerprint density at radius 1 is 1.47 bits per heavy atom. The van der Waals surface area contributed by atoms with E-state index in [0.29, 0.717) is 18.3 Å². The van der Waals surface area contributed by atoms with Gasteiger partial charge in [0.25, 0.3) is 0 Å². The second-order valence-corrected chi connectivity index (χ2v) is 6.18. The number of carboxylic acid groups (broad SMARTS) is 1. The topological polar surface area (TPSA) is 66.6 Å². The molecule has 0 radical (unpaired) electrons. The molecule has 0 saturated carbocycles. The molecule has 0 spiro atoms. The summed E-state index contributed by atoms with van der Waals surface area (Å²) in [5, 5.41) is 9.05. The number of carbonyl (C=O) groups is 1. The quantitative estimate of drug-likeness (QED) is 0.785. The van der Waals surface area contributed by atoms with Gasteiger partial charge in [0.2, 0.25) is 0 Å². The van der Waals surface area contributed by atoms with Gasteiger partial charge in [0, 0.05) is 19.1 Å². The van der Waals surface area contributed by atoms with E-state index in [1.54, 1.807) is 6.92 Å². The minimum atomic E-state index is -1.12. The second-order valence-electron chi connectivity index (χ2n) is 6.18. The molecule has 1 aliphatic rings. The highest BCUT2D eigenvalue weighted by Gasteiger charge is 2.33. The average molecular weight is 242 g/mol. The fourth-order valence-corrected chi connectivity index (χ4v) is 2.90. The lowest BCUT2D eigenvalue weighted by atomic mass is 9.88. The van der Waals surface area contributed by atoms with Crippen LogP contribution in [0.3, 0.4) is 0 Å². The molecule has 1 aliphatic heterocycles. The summed E-state index contributed by atoms with van der Waals surface area (Å²) >= 11 is 0. The lowest BCUT2D eigenvalue weighted by Crippen LogP contribution is -2.52. The Balaban J connectivity index is 2.58. The zero-order valence-electron chi connectivity index (χ0n) is 11.4. The standard InChI is InChI=1S/C13H26N2O2/c1-9-5-10(2)8-15(7-9)11(3)6-13(4,14)12(16)17/h9-11H,5-8,14H2,1-4H3,(H,16,17). The first-order chi connectivity index (χ1) is 7.72. The number of piperidine rings is 1. The molecule has 0 aliphatic carbocycles. The van der Waals surface area contributed by atoms with Crippen molar-refractivity contribution in [2.75, 3.05) is 13.1 Å². The number of likely N-dealkylation sites (tertiary alicyclic amines) is 1. The predicted octanol–water partition coefficient (Wildman–Crippen LogP) is 1.54. The van der Waals surface area contributed by atoms with E-state index in [9.17, 15) is 4.79 Å². The first kappa shape index (κ1) is 14.5. The summed E-state index contributed by atoms with van der Waals surface area (Å²) < 4.78 is 0. The fraction of sp³-hybridized carbons (Fsp3) is 0.923. The number of rotatable bonds is 4. The highest BCUT2D eigenvalue weighted by atomic mass is 16.4. The van der Waals surface area contributed by atoms with E-state index in [4.69, 9.17) is 10.8 Å². The summed E-state index contributed by atoms with van der Waals surface area (Å²) in [7, 11) is 0. The van der Waals surface area contributed by atoms with Crippen molar-refractivity contribution in [2.24, 2.45) is 17.6 Å². The van der Waals surface area contributed by atoms with Gasteiger partial charge in [0.1, 0.15) is 5.54 Å². The number of hydrogen-bond donors (Lipinski definition) is 2. The highest BCUT2D eigenvalue weighted by Crippen LogP contribution is 2.25. The molecule has 4 nitrogen and oxygen atoms in total. The van der Waals surface area contributed by atoms with Gasteiger partial charge in [-0.3, -0.25) is 4.79 Å². The number of hydrogen-bond acceptors (Lipinski definition) is 3. The van der Waals surface area contributed by atoms with Gasteiger partial charge in [-0.1, -0.05) is 13.8 Å². The number of carboxylic acids is 1. The first-order valence-electron chi connectivity index (χ1n) is 6.48. The van der Waals surface area contributed by atoms with E-state index < -0.39 is 11.5 Å². The van der Waals surface area contributed by atoms with Gasteiger partial charge in [-0.2, -0.15) is 0 Å². The Morgan fingerprint density at radius 2 is 1.94 bits per heavy atom. The molecule has 0 bridgehead atoms. The monoisotopic (exact) mass is 242 g/mol.